The largest absolute Gasteiger partial charge is 0.324 e. The second kappa shape index (κ2) is 13.3. The monoisotopic (exact) mass is 475 g/mol. The van der Waals surface area contributed by atoms with Crippen LogP contribution in [0.5, 0.6) is 0 Å². The SMILES string of the molecule is C=C(C#N)N=C/C(=C\C)N1CCC[C@H](c2ccccc2)C(CN(C)C)CCN(CC2CCC2)C1=O. The second-order valence-electron chi connectivity index (χ2n) is 10.2. The van der Waals surface area contributed by atoms with Gasteiger partial charge in [0.1, 0.15) is 11.8 Å². The summed E-state index contributed by atoms with van der Waals surface area (Å²) in [6, 6.07) is 12.9. The predicted molar refractivity (Wildman–Crippen MR) is 143 cm³/mol. The van der Waals surface area contributed by atoms with E-state index in [2.05, 4.69) is 65.8 Å². The molecule has 0 bridgehead atoms. The number of carbonyl (C=O) groups is 1. The molecule has 3 rings (SSSR count). The lowest BCUT2D eigenvalue weighted by Crippen LogP contribution is -2.48. The molecule has 1 saturated carbocycles. The molecule has 1 aliphatic carbocycles. The second-order valence-corrected chi connectivity index (χ2v) is 10.2. The van der Waals surface area contributed by atoms with Crippen molar-refractivity contribution in [3.63, 3.8) is 0 Å². The van der Waals surface area contributed by atoms with Crippen LogP contribution in [0, 0.1) is 23.2 Å². The third-order valence-electron chi connectivity index (χ3n) is 7.36. The molecule has 6 nitrogen and oxygen atoms in total. The van der Waals surface area contributed by atoms with Gasteiger partial charge in [-0.3, -0.25) is 4.90 Å². The first-order valence-corrected chi connectivity index (χ1v) is 13.0. The molecular formula is C29H41N5O. The van der Waals surface area contributed by atoms with E-state index in [1.165, 1.54) is 24.8 Å². The molecule has 1 aromatic rings. The summed E-state index contributed by atoms with van der Waals surface area (Å²) in [4.78, 5) is 24.3. The number of rotatable bonds is 8. The van der Waals surface area contributed by atoms with E-state index < -0.39 is 0 Å². The van der Waals surface area contributed by atoms with E-state index >= 15 is 0 Å². The molecular weight excluding hydrogens is 434 g/mol. The van der Waals surface area contributed by atoms with Gasteiger partial charge in [0.2, 0.25) is 0 Å². The Labute approximate surface area is 211 Å². The highest BCUT2D eigenvalue weighted by atomic mass is 16.2. The first kappa shape index (κ1) is 26.7. The number of benzene rings is 1. The zero-order chi connectivity index (χ0) is 25.2. The molecule has 2 atom stereocenters. The van der Waals surface area contributed by atoms with E-state index in [9.17, 15) is 4.79 Å². The van der Waals surface area contributed by atoms with Crippen LogP contribution in [0.25, 0.3) is 0 Å². The highest BCUT2D eigenvalue weighted by Crippen LogP contribution is 2.34. The number of allylic oxidation sites excluding steroid dienone is 3. The maximum atomic E-state index is 13.9. The molecule has 0 radical (unpaired) electrons. The quantitative estimate of drug-likeness (QED) is 0.360. The van der Waals surface area contributed by atoms with E-state index in [0.717, 1.165) is 44.6 Å². The highest BCUT2D eigenvalue weighted by molar-refractivity contribution is 5.87. The van der Waals surface area contributed by atoms with Gasteiger partial charge in [0.15, 0.2) is 0 Å². The van der Waals surface area contributed by atoms with Crippen molar-refractivity contribution >= 4 is 12.2 Å². The smallest absolute Gasteiger partial charge is 0.324 e. The Balaban J connectivity index is 1.91. The first-order chi connectivity index (χ1) is 16.9. The molecule has 1 saturated heterocycles. The van der Waals surface area contributed by atoms with Crippen molar-refractivity contribution in [3.05, 3.63) is 59.9 Å². The van der Waals surface area contributed by atoms with Gasteiger partial charge in [-0.15, -0.1) is 0 Å². The van der Waals surface area contributed by atoms with Crippen LogP contribution in [0.1, 0.15) is 56.9 Å². The first-order valence-electron chi connectivity index (χ1n) is 13.0. The zero-order valence-corrected chi connectivity index (χ0v) is 21.7. The standard InChI is InChI=1S/C29H41N5O/c1-5-27(20-31-23(2)19-30)34-17-10-15-28(25-13-7-6-8-14-25)26(22-32(3)4)16-18-33(29(34)35)21-24-11-9-12-24/h5-8,13-14,20,24,26,28H,2,9-12,15-18,21-22H2,1,3-4H3/b27-5+,31-20?/t26?,28-/m1/s1. The molecule has 2 amide bonds. The Bertz CT molecular complexity index is 942. The van der Waals surface area contributed by atoms with Crippen LogP contribution in [0.2, 0.25) is 0 Å². The lowest BCUT2D eigenvalue weighted by molar-refractivity contribution is 0.129. The highest BCUT2D eigenvalue weighted by Gasteiger charge is 2.32. The Kier molecular flexibility index (Phi) is 10.1. The van der Waals surface area contributed by atoms with Crippen LogP contribution < -0.4 is 0 Å². The number of nitrogens with zero attached hydrogens (tertiary/aromatic N) is 5. The number of aliphatic imine (C=N–C) groups is 1. The van der Waals surface area contributed by atoms with Gasteiger partial charge in [-0.1, -0.05) is 49.4 Å². The van der Waals surface area contributed by atoms with Gasteiger partial charge in [-0.25, -0.2) is 9.79 Å². The number of amides is 2. The van der Waals surface area contributed by atoms with Gasteiger partial charge in [0.25, 0.3) is 0 Å². The van der Waals surface area contributed by atoms with Crippen LogP contribution in [0.15, 0.2) is 59.4 Å². The van der Waals surface area contributed by atoms with Gasteiger partial charge in [-0.2, -0.15) is 5.26 Å². The third kappa shape index (κ3) is 7.53. The van der Waals surface area contributed by atoms with Crippen molar-refractivity contribution < 1.29 is 4.79 Å². The normalized spacial score (nSPS) is 22.8. The molecule has 0 aromatic heterocycles. The van der Waals surface area contributed by atoms with Gasteiger partial charge in [-0.05, 0) is 76.4 Å². The van der Waals surface area contributed by atoms with Crippen molar-refractivity contribution in [2.45, 2.75) is 51.4 Å². The van der Waals surface area contributed by atoms with Gasteiger partial charge in [0, 0.05) is 26.2 Å². The number of hydrogen-bond acceptors (Lipinski definition) is 4. The van der Waals surface area contributed by atoms with Crippen molar-refractivity contribution in [1.82, 2.24) is 14.7 Å². The Hall–Kier alpha value is -2.91. The molecule has 0 N–H and O–H groups in total. The van der Waals surface area contributed by atoms with Crippen molar-refractivity contribution in [2.75, 3.05) is 40.3 Å². The zero-order valence-electron chi connectivity index (χ0n) is 21.7. The van der Waals surface area contributed by atoms with Gasteiger partial charge >= 0.3 is 6.03 Å². The van der Waals surface area contributed by atoms with Crippen molar-refractivity contribution in [1.29, 1.82) is 5.26 Å². The fourth-order valence-electron chi connectivity index (χ4n) is 5.29. The molecule has 1 unspecified atom stereocenters. The molecule has 6 heteroatoms. The van der Waals surface area contributed by atoms with E-state index in [1.807, 2.05) is 24.0 Å². The topological polar surface area (TPSA) is 62.9 Å². The van der Waals surface area contributed by atoms with Gasteiger partial charge in [0.05, 0.1) is 11.9 Å². The molecule has 2 aliphatic rings. The lowest BCUT2D eigenvalue weighted by Gasteiger charge is -2.39. The molecule has 1 aliphatic heterocycles. The summed E-state index contributed by atoms with van der Waals surface area (Å²) in [6.07, 6.45) is 10.1. The predicted octanol–water partition coefficient (Wildman–Crippen LogP) is 5.67. The fourth-order valence-corrected chi connectivity index (χ4v) is 5.29. The van der Waals surface area contributed by atoms with E-state index in [-0.39, 0.29) is 11.7 Å². The van der Waals surface area contributed by atoms with Gasteiger partial charge < -0.3 is 9.80 Å². The number of carbonyl (C=O) groups excluding carboxylic acids is 1. The molecule has 0 spiro atoms. The average Bonchev–Trinajstić information content (AvgIpc) is 2.83. The van der Waals surface area contributed by atoms with Crippen LogP contribution in [-0.2, 0) is 0 Å². The van der Waals surface area contributed by atoms with Crippen LogP contribution in [-0.4, -0.2) is 67.2 Å². The summed E-state index contributed by atoms with van der Waals surface area (Å²) in [5.74, 6) is 1.53. The molecule has 35 heavy (non-hydrogen) atoms. The number of nitriles is 1. The minimum absolute atomic E-state index is 0.0563. The number of hydrogen-bond donors (Lipinski definition) is 0. The summed E-state index contributed by atoms with van der Waals surface area (Å²) in [5.41, 5.74) is 2.26. The Morgan fingerprint density at radius 1 is 1.17 bits per heavy atom. The molecule has 1 heterocycles. The molecule has 188 valence electrons. The Morgan fingerprint density at radius 3 is 2.51 bits per heavy atom. The van der Waals surface area contributed by atoms with E-state index in [4.69, 9.17) is 5.26 Å². The summed E-state index contributed by atoms with van der Waals surface area (Å²) in [6.45, 7) is 8.78. The minimum Gasteiger partial charge on any atom is -0.324 e. The summed E-state index contributed by atoms with van der Waals surface area (Å²) >= 11 is 0. The third-order valence-corrected chi connectivity index (χ3v) is 7.36. The van der Waals surface area contributed by atoms with Crippen molar-refractivity contribution in [2.24, 2.45) is 16.8 Å². The fraction of sp³-hybridized carbons (Fsp3) is 0.552. The lowest BCUT2D eigenvalue weighted by atomic mass is 9.80. The molecule has 2 fully saturated rings. The Morgan fingerprint density at radius 2 is 1.91 bits per heavy atom. The number of urea groups is 1. The minimum atomic E-state index is 0.0563. The summed E-state index contributed by atoms with van der Waals surface area (Å²) < 4.78 is 0. The van der Waals surface area contributed by atoms with E-state index in [1.54, 1.807) is 6.21 Å². The van der Waals surface area contributed by atoms with Crippen LogP contribution in [0.4, 0.5) is 4.79 Å². The maximum Gasteiger partial charge on any atom is 0.324 e. The van der Waals surface area contributed by atoms with Crippen molar-refractivity contribution in [3.8, 4) is 6.07 Å². The van der Waals surface area contributed by atoms with Crippen LogP contribution >= 0.6 is 0 Å². The summed E-state index contributed by atoms with van der Waals surface area (Å²) in [5, 5.41) is 9.06. The molecule has 1 aromatic carbocycles. The average molecular weight is 476 g/mol. The maximum absolute atomic E-state index is 13.9. The van der Waals surface area contributed by atoms with E-state index in [0.29, 0.717) is 24.3 Å². The summed E-state index contributed by atoms with van der Waals surface area (Å²) in [7, 11) is 4.29. The van der Waals surface area contributed by atoms with Crippen LogP contribution in [0.3, 0.4) is 0 Å².